The summed E-state index contributed by atoms with van der Waals surface area (Å²) in [7, 11) is 0. The van der Waals surface area contributed by atoms with E-state index in [0.717, 1.165) is 16.7 Å². The zero-order valence-electron chi connectivity index (χ0n) is 10.6. The number of imidazole rings is 1. The highest BCUT2D eigenvalue weighted by atomic mass is 35.5. The molecule has 2 N–H and O–H groups in total. The largest absolute Gasteiger partial charge is 0.325 e. The molecule has 2 aromatic heterocycles. The predicted octanol–water partition coefficient (Wildman–Crippen LogP) is 4.26. The molecule has 2 heterocycles. The Hall–Kier alpha value is -2.24. The van der Waals surface area contributed by atoms with Gasteiger partial charge >= 0.3 is 0 Å². The smallest absolute Gasteiger partial charge is 0.253 e. The summed E-state index contributed by atoms with van der Waals surface area (Å²) in [5, 5.41) is 7.68. The van der Waals surface area contributed by atoms with Crippen molar-refractivity contribution in [3.8, 4) is 0 Å². The van der Waals surface area contributed by atoms with Gasteiger partial charge in [0.05, 0.1) is 11.0 Å². The van der Waals surface area contributed by atoms with E-state index in [1.807, 2.05) is 47.0 Å². The van der Waals surface area contributed by atoms with Crippen molar-refractivity contribution < 1.29 is 0 Å². The number of nitrogens with one attached hydrogen (secondary N) is 2. The van der Waals surface area contributed by atoms with E-state index in [-0.39, 0.29) is 0 Å². The molecule has 0 bridgehead atoms. The molecule has 4 rings (SSSR count). The van der Waals surface area contributed by atoms with Gasteiger partial charge < -0.3 is 5.32 Å². The second-order valence-electron chi connectivity index (χ2n) is 4.58. The van der Waals surface area contributed by atoms with E-state index >= 15 is 0 Å². The molecule has 5 nitrogen and oxygen atoms in total. The standard InChI is InChI=1S/C14H9Cl2N5/c15-8-1-4-10(5-2-8)17-13-19-14-18-11-7-9(16)3-6-12(11)21(14)20-13/h1-7H,(H2,17,18,19,20). The molecule has 0 unspecified atom stereocenters. The number of rotatable bonds is 2. The fourth-order valence-electron chi connectivity index (χ4n) is 2.18. The van der Waals surface area contributed by atoms with Gasteiger partial charge in [0.15, 0.2) is 0 Å². The van der Waals surface area contributed by atoms with E-state index in [2.05, 4.69) is 20.4 Å². The molecule has 0 spiro atoms. The minimum atomic E-state index is 0.587. The zero-order valence-corrected chi connectivity index (χ0v) is 12.2. The van der Waals surface area contributed by atoms with Crippen LogP contribution in [0.2, 0.25) is 10.0 Å². The van der Waals surface area contributed by atoms with Crippen LogP contribution in [0.25, 0.3) is 16.8 Å². The highest BCUT2D eigenvalue weighted by Crippen LogP contribution is 2.22. The van der Waals surface area contributed by atoms with E-state index < -0.39 is 0 Å². The Morgan fingerprint density at radius 3 is 2.52 bits per heavy atom. The number of halogens is 2. The summed E-state index contributed by atoms with van der Waals surface area (Å²) in [5.41, 5.74) is 2.62. The van der Waals surface area contributed by atoms with Crippen molar-refractivity contribution in [2.75, 3.05) is 5.32 Å². The molecule has 0 fully saturated rings. The molecule has 21 heavy (non-hydrogen) atoms. The van der Waals surface area contributed by atoms with Gasteiger partial charge in [-0.3, -0.25) is 5.10 Å². The molecule has 0 aliphatic heterocycles. The Bertz CT molecular complexity index is 939. The van der Waals surface area contributed by atoms with Crippen LogP contribution in [0.5, 0.6) is 0 Å². The van der Waals surface area contributed by atoms with Crippen molar-refractivity contribution in [3.63, 3.8) is 0 Å². The molecule has 0 aliphatic carbocycles. The molecular formula is C14H9Cl2N5. The second-order valence-corrected chi connectivity index (χ2v) is 5.46. The van der Waals surface area contributed by atoms with Gasteiger partial charge in [-0.05, 0) is 42.5 Å². The summed E-state index contributed by atoms with van der Waals surface area (Å²) in [5.74, 6) is 1.19. The number of nitrogens with zero attached hydrogens (tertiary/aromatic N) is 3. The van der Waals surface area contributed by atoms with Crippen LogP contribution in [0, 0.1) is 0 Å². The summed E-state index contributed by atoms with van der Waals surface area (Å²) in [6, 6.07) is 12.9. The Balaban J connectivity index is 1.75. The Morgan fingerprint density at radius 1 is 0.952 bits per heavy atom. The first-order valence-corrected chi connectivity index (χ1v) is 7.01. The SMILES string of the molecule is Clc1ccc(Nc2nc3nc4cc(Cl)ccc4n3[nH]2)cc1. The van der Waals surface area contributed by atoms with Crippen LogP contribution >= 0.6 is 23.2 Å². The van der Waals surface area contributed by atoms with Crippen LogP contribution in [0.15, 0.2) is 42.5 Å². The Kier molecular flexibility index (Phi) is 2.77. The van der Waals surface area contributed by atoms with E-state index in [4.69, 9.17) is 23.2 Å². The molecule has 104 valence electrons. The number of benzene rings is 2. The van der Waals surface area contributed by atoms with Crippen molar-refractivity contribution in [1.82, 2.24) is 19.6 Å². The topological polar surface area (TPSA) is 58.0 Å². The maximum Gasteiger partial charge on any atom is 0.253 e. The molecule has 7 heteroatoms. The zero-order chi connectivity index (χ0) is 14.4. The first-order valence-electron chi connectivity index (χ1n) is 6.25. The monoisotopic (exact) mass is 317 g/mol. The fourth-order valence-corrected chi connectivity index (χ4v) is 2.47. The maximum absolute atomic E-state index is 5.96. The van der Waals surface area contributed by atoms with E-state index in [1.165, 1.54) is 0 Å². The van der Waals surface area contributed by atoms with Gasteiger partial charge in [0.2, 0.25) is 5.95 Å². The molecule has 0 atom stereocenters. The Morgan fingerprint density at radius 2 is 1.71 bits per heavy atom. The highest BCUT2D eigenvalue weighted by molar-refractivity contribution is 6.31. The number of hydrogen-bond acceptors (Lipinski definition) is 3. The van der Waals surface area contributed by atoms with Gasteiger partial charge in [0.1, 0.15) is 0 Å². The fraction of sp³-hybridized carbons (Fsp3) is 0. The predicted molar refractivity (Wildman–Crippen MR) is 84.6 cm³/mol. The maximum atomic E-state index is 5.96. The minimum Gasteiger partial charge on any atom is -0.325 e. The third kappa shape index (κ3) is 2.20. The van der Waals surface area contributed by atoms with Gasteiger partial charge in [-0.15, -0.1) is 0 Å². The summed E-state index contributed by atoms with van der Waals surface area (Å²) in [4.78, 5) is 8.83. The molecule has 0 saturated heterocycles. The quantitative estimate of drug-likeness (QED) is 0.580. The molecule has 2 aromatic carbocycles. The van der Waals surface area contributed by atoms with Gasteiger partial charge in [-0.25, -0.2) is 9.50 Å². The van der Waals surface area contributed by atoms with E-state index in [1.54, 1.807) is 0 Å². The second kappa shape index (κ2) is 4.65. The number of H-pyrrole nitrogens is 1. The van der Waals surface area contributed by atoms with Crippen LogP contribution in [-0.2, 0) is 0 Å². The number of fused-ring (bicyclic) bond motifs is 3. The number of anilines is 2. The van der Waals surface area contributed by atoms with E-state index in [9.17, 15) is 0 Å². The van der Waals surface area contributed by atoms with Crippen molar-refractivity contribution in [2.24, 2.45) is 0 Å². The molecule has 0 saturated carbocycles. The number of aromatic amines is 1. The molecular weight excluding hydrogens is 309 g/mol. The van der Waals surface area contributed by atoms with Crippen molar-refractivity contribution in [3.05, 3.63) is 52.5 Å². The van der Waals surface area contributed by atoms with Crippen LogP contribution in [0.1, 0.15) is 0 Å². The van der Waals surface area contributed by atoms with Crippen LogP contribution in [-0.4, -0.2) is 19.6 Å². The molecule has 0 aliphatic rings. The van der Waals surface area contributed by atoms with Crippen LogP contribution < -0.4 is 5.32 Å². The summed E-state index contributed by atoms with van der Waals surface area (Å²) in [6.07, 6.45) is 0. The lowest BCUT2D eigenvalue weighted by molar-refractivity contribution is 1.01. The lowest BCUT2D eigenvalue weighted by atomic mass is 10.3. The average Bonchev–Trinajstić information content (AvgIpc) is 2.97. The van der Waals surface area contributed by atoms with Crippen molar-refractivity contribution in [1.29, 1.82) is 0 Å². The summed E-state index contributed by atoms with van der Waals surface area (Å²) < 4.78 is 1.81. The lowest BCUT2D eigenvalue weighted by Gasteiger charge is -2.01. The van der Waals surface area contributed by atoms with E-state index in [0.29, 0.717) is 21.8 Å². The lowest BCUT2D eigenvalue weighted by Crippen LogP contribution is -1.93. The first kappa shape index (κ1) is 12.5. The van der Waals surface area contributed by atoms with Gasteiger partial charge in [-0.1, -0.05) is 23.2 Å². The Labute approximate surface area is 129 Å². The van der Waals surface area contributed by atoms with Crippen LogP contribution in [0.4, 0.5) is 11.6 Å². The van der Waals surface area contributed by atoms with Crippen LogP contribution in [0.3, 0.4) is 0 Å². The van der Waals surface area contributed by atoms with Gasteiger partial charge in [-0.2, -0.15) is 4.98 Å². The van der Waals surface area contributed by atoms with Crippen molar-refractivity contribution >= 4 is 51.6 Å². The summed E-state index contributed by atoms with van der Waals surface area (Å²) >= 11 is 11.8. The normalized spacial score (nSPS) is 11.3. The van der Waals surface area contributed by atoms with Gasteiger partial charge in [0.25, 0.3) is 5.78 Å². The van der Waals surface area contributed by atoms with Gasteiger partial charge in [0, 0.05) is 15.7 Å². The summed E-state index contributed by atoms with van der Waals surface area (Å²) in [6.45, 7) is 0. The highest BCUT2D eigenvalue weighted by Gasteiger charge is 2.10. The third-order valence-corrected chi connectivity index (χ3v) is 3.62. The average molecular weight is 318 g/mol. The number of aromatic nitrogens is 4. The third-order valence-electron chi connectivity index (χ3n) is 3.14. The molecule has 0 radical (unpaired) electrons. The number of hydrogen-bond donors (Lipinski definition) is 2. The molecule has 4 aromatic rings. The minimum absolute atomic E-state index is 0.587. The first-order chi connectivity index (χ1) is 10.2. The van der Waals surface area contributed by atoms with Crippen molar-refractivity contribution in [2.45, 2.75) is 0 Å². The molecule has 0 amide bonds.